The van der Waals surface area contributed by atoms with Gasteiger partial charge in [-0.25, -0.2) is 9.78 Å². The first-order chi connectivity index (χ1) is 9.24. The summed E-state index contributed by atoms with van der Waals surface area (Å²) in [6.45, 7) is 5.62. The Morgan fingerprint density at radius 2 is 2.05 bits per heavy atom. The molecule has 0 unspecified atom stereocenters. The van der Waals surface area contributed by atoms with E-state index in [1.54, 1.807) is 0 Å². The van der Waals surface area contributed by atoms with Crippen molar-refractivity contribution in [3.05, 3.63) is 23.9 Å². The Morgan fingerprint density at radius 3 is 2.68 bits per heavy atom. The van der Waals surface area contributed by atoms with Crippen LogP contribution in [0, 0.1) is 6.92 Å². The summed E-state index contributed by atoms with van der Waals surface area (Å²) in [5, 5.41) is 2.88. The summed E-state index contributed by atoms with van der Waals surface area (Å²) in [6, 6.07) is 6.63. The van der Waals surface area contributed by atoms with Gasteiger partial charge < -0.3 is 15.1 Å². The maximum atomic E-state index is 11.7. The number of amides is 2. The molecule has 1 aromatic heterocycles. The molecule has 5 nitrogen and oxygen atoms in total. The van der Waals surface area contributed by atoms with E-state index < -0.39 is 0 Å². The molecular formula is C14H20N4O. The van der Waals surface area contributed by atoms with Crippen molar-refractivity contribution in [3.8, 4) is 0 Å². The molecule has 3 heterocycles. The minimum Gasteiger partial charge on any atom is -0.356 e. The number of carbonyl (C=O) groups is 1. The maximum absolute atomic E-state index is 11.7. The van der Waals surface area contributed by atoms with Gasteiger partial charge in [0.15, 0.2) is 0 Å². The van der Waals surface area contributed by atoms with Crippen LogP contribution in [0.1, 0.15) is 18.5 Å². The quantitative estimate of drug-likeness (QED) is 0.874. The molecule has 2 amide bonds. The summed E-state index contributed by atoms with van der Waals surface area (Å²) >= 11 is 0. The fourth-order valence-corrected chi connectivity index (χ4v) is 2.95. The van der Waals surface area contributed by atoms with E-state index in [0.717, 1.165) is 50.5 Å². The Balaban J connectivity index is 1.61. The van der Waals surface area contributed by atoms with Crippen LogP contribution in [0.25, 0.3) is 0 Å². The van der Waals surface area contributed by atoms with Gasteiger partial charge in [0.1, 0.15) is 5.82 Å². The molecule has 19 heavy (non-hydrogen) atoms. The highest BCUT2D eigenvalue weighted by Gasteiger charge is 2.30. The lowest BCUT2D eigenvalue weighted by Crippen LogP contribution is -2.46. The second-order valence-electron chi connectivity index (χ2n) is 5.28. The lowest BCUT2D eigenvalue weighted by Gasteiger charge is -2.36. The third kappa shape index (κ3) is 2.50. The van der Waals surface area contributed by atoms with Gasteiger partial charge >= 0.3 is 6.03 Å². The third-order valence-electron chi connectivity index (χ3n) is 3.99. The Hall–Kier alpha value is -1.78. The highest BCUT2D eigenvalue weighted by atomic mass is 16.2. The molecule has 2 aliphatic heterocycles. The molecule has 102 valence electrons. The number of anilines is 1. The van der Waals surface area contributed by atoms with Crippen molar-refractivity contribution < 1.29 is 4.79 Å². The van der Waals surface area contributed by atoms with Crippen LogP contribution in [0.15, 0.2) is 18.2 Å². The molecule has 1 N–H and O–H groups in total. The number of hydrogen-bond donors (Lipinski definition) is 1. The summed E-state index contributed by atoms with van der Waals surface area (Å²) in [6.07, 6.45) is 2.06. The average molecular weight is 260 g/mol. The number of carbonyl (C=O) groups excluding carboxylic acids is 1. The summed E-state index contributed by atoms with van der Waals surface area (Å²) in [5.74, 6) is 1.06. The van der Waals surface area contributed by atoms with Crippen molar-refractivity contribution in [2.24, 2.45) is 0 Å². The Morgan fingerprint density at radius 1 is 1.26 bits per heavy atom. The second-order valence-corrected chi connectivity index (χ2v) is 5.28. The van der Waals surface area contributed by atoms with E-state index in [9.17, 15) is 4.79 Å². The standard InChI is InChI=1S/C14H20N4O/c1-11-3-2-4-13(16-11)17-8-5-12(6-9-17)18-10-7-15-14(18)19/h2-4,12H,5-10H2,1H3,(H,15,19). The van der Waals surface area contributed by atoms with Gasteiger partial charge in [0.25, 0.3) is 0 Å². The average Bonchev–Trinajstić information content (AvgIpc) is 2.85. The number of rotatable bonds is 2. The van der Waals surface area contributed by atoms with E-state index in [4.69, 9.17) is 0 Å². The number of nitrogens with zero attached hydrogens (tertiary/aromatic N) is 3. The van der Waals surface area contributed by atoms with Crippen molar-refractivity contribution >= 4 is 11.8 Å². The van der Waals surface area contributed by atoms with E-state index in [1.807, 2.05) is 17.9 Å². The van der Waals surface area contributed by atoms with Gasteiger partial charge in [0, 0.05) is 37.9 Å². The summed E-state index contributed by atoms with van der Waals surface area (Å²) in [7, 11) is 0. The van der Waals surface area contributed by atoms with Crippen LogP contribution < -0.4 is 10.2 Å². The normalized spacial score (nSPS) is 20.8. The van der Waals surface area contributed by atoms with E-state index in [0.29, 0.717) is 6.04 Å². The molecule has 1 aromatic rings. The van der Waals surface area contributed by atoms with Crippen LogP contribution in [-0.2, 0) is 0 Å². The largest absolute Gasteiger partial charge is 0.356 e. The fraction of sp³-hybridized carbons (Fsp3) is 0.571. The number of aryl methyl sites for hydroxylation is 1. The molecule has 0 atom stereocenters. The predicted molar refractivity (Wildman–Crippen MR) is 74.3 cm³/mol. The molecular weight excluding hydrogens is 240 g/mol. The summed E-state index contributed by atoms with van der Waals surface area (Å²) in [5.41, 5.74) is 1.05. The molecule has 0 bridgehead atoms. The molecule has 0 radical (unpaired) electrons. The molecule has 2 fully saturated rings. The topological polar surface area (TPSA) is 48.5 Å². The lowest BCUT2D eigenvalue weighted by atomic mass is 10.0. The Bertz CT molecular complexity index is 468. The van der Waals surface area contributed by atoms with Crippen LogP contribution in [0.4, 0.5) is 10.6 Å². The van der Waals surface area contributed by atoms with Gasteiger partial charge in [-0.05, 0) is 31.9 Å². The van der Waals surface area contributed by atoms with Crippen LogP contribution >= 0.6 is 0 Å². The number of urea groups is 1. The molecule has 2 aliphatic rings. The van der Waals surface area contributed by atoms with Gasteiger partial charge in [0.2, 0.25) is 0 Å². The number of nitrogens with one attached hydrogen (secondary N) is 1. The highest BCUT2D eigenvalue weighted by Crippen LogP contribution is 2.22. The van der Waals surface area contributed by atoms with E-state index in [1.165, 1.54) is 0 Å². The van der Waals surface area contributed by atoms with Crippen LogP contribution in [0.3, 0.4) is 0 Å². The van der Waals surface area contributed by atoms with E-state index >= 15 is 0 Å². The highest BCUT2D eigenvalue weighted by molar-refractivity contribution is 5.76. The van der Waals surface area contributed by atoms with Crippen molar-refractivity contribution in [2.75, 3.05) is 31.1 Å². The van der Waals surface area contributed by atoms with E-state index in [-0.39, 0.29) is 6.03 Å². The van der Waals surface area contributed by atoms with Crippen molar-refractivity contribution in [3.63, 3.8) is 0 Å². The molecule has 5 heteroatoms. The maximum Gasteiger partial charge on any atom is 0.317 e. The van der Waals surface area contributed by atoms with E-state index in [2.05, 4.69) is 27.3 Å². The first-order valence-electron chi connectivity index (χ1n) is 6.97. The molecule has 0 spiro atoms. The summed E-state index contributed by atoms with van der Waals surface area (Å²) < 4.78 is 0. The predicted octanol–water partition coefficient (Wildman–Crippen LogP) is 1.38. The smallest absolute Gasteiger partial charge is 0.317 e. The number of pyridine rings is 1. The molecule has 0 saturated carbocycles. The monoisotopic (exact) mass is 260 g/mol. The van der Waals surface area contributed by atoms with Crippen LogP contribution in [0.5, 0.6) is 0 Å². The van der Waals surface area contributed by atoms with Crippen LogP contribution in [-0.4, -0.2) is 48.1 Å². The van der Waals surface area contributed by atoms with Gasteiger partial charge in [-0.15, -0.1) is 0 Å². The number of aromatic nitrogens is 1. The minimum atomic E-state index is 0.104. The van der Waals surface area contributed by atoms with Crippen molar-refractivity contribution in [2.45, 2.75) is 25.8 Å². The summed E-state index contributed by atoms with van der Waals surface area (Å²) in [4.78, 5) is 20.5. The zero-order chi connectivity index (χ0) is 13.2. The zero-order valence-corrected chi connectivity index (χ0v) is 11.3. The number of piperidine rings is 1. The second kappa shape index (κ2) is 5.07. The fourth-order valence-electron chi connectivity index (χ4n) is 2.95. The Labute approximate surface area is 113 Å². The SMILES string of the molecule is Cc1cccc(N2CCC(N3CCNC3=O)CC2)n1. The minimum absolute atomic E-state index is 0.104. The van der Waals surface area contributed by atoms with Gasteiger partial charge in [-0.1, -0.05) is 6.07 Å². The third-order valence-corrected chi connectivity index (χ3v) is 3.99. The zero-order valence-electron chi connectivity index (χ0n) is 11.3. The lowest BCUT2D eigenvalue weighted by molar-refractivity contribution is 0.186. The van der Waals surface area contributed by atoms with Crippen molar-refractivity contribution in [1.29, 1.82) is 0 Å². The van der Waals surface area contributed by atoms with Gasteiger partial charge in [0.05, 0.1) is 0 Å². The first-order valence-corrected chi connectivity index (χ1v) is 6.97. The number of hydrogen-bond acceptors (Lipinski definition) is 3. The first kappa shape index (κ1) is 12.3. The molecule has 3 rings (SSSR count). The van der Waals surface area contributed by atoms with Gasteiger partial charge in [-0.2, -0.15) is 0 Å². The Kier molecular flexibility index (Phi) is 3.27. The molecule has 0 aliphatic carbocycles. The van der Waals surface area contributed by atoms with Gasteiger partial charge in [-0.3, -0.25) is 0 Å². The van der Waals surface area contributed by atoms with Crippen molar-refractivity contribution in [1.82, 2.24) is 15.2 Å². The molecule has 0 aromatic carbocycles. The molecule has 2 saturated heterocycles. The van der Waals surface area contributed by atoms with Crippen LogP contribution in [0.2, 0.25) is 0 Å².